The Kier molecular flexibility index (Phi) is 11.1. The summed E-state index contributed by atoms with van der Waals surface area (Å²) in [6, 6.07) is 0. The summed E-state index contributed by atoms with van der Waals surface area (Å²) in [5, 5.41) is -3.27. The molecule has 0 heterocycles. The molecule has 37 heavy (non-hydrogen) atoms. The average Bonchev–Trinajstić information content (AvgIpc) is 2.87. The molecule has 0 bridgehead atoms. The van der Waals surface area contributed by atoms with Crippen LogP contribution in [0.15, 0.2) is 0 Å². The summed E-state index contributed by atoms with van der Waals surface area (Å²) in [5.41, 5.74) is -0.689. The van der Waals surface area contributed by atoms with Crippen LogP contribution in [0.3, 0.4) is 0 Å². The van der Waals surface area contributed by atoms with E-state index in [1.807, 2.05) is 0 Å². The highest BCUT2D eigenvalue weighted by Gasteiger charge is 2.38. The molecule has 0 aliphatic heterocycles. The summed E-state index contributed by atoms with van der Waals surface area (Å²) in [7, 11) is 1.11. The van der Waals surface area contributed by atoms with Gasteiger partial charge in [0.2, 0.25) is 0 Å². The van der Waals surface area contributed by atoms with E-state index in [9.17, 15) is 4.79 Å². The Morgan fingerprint density at radius 2 is 0.568 bits per heavy atom. The van der Waals surface area contributed by atoms with Crippen LogP contribution in [0.5, 0.6) is 0 Å². The van der Waals surface area contributed by atoms with Crippen LogP contribution in [0.1, 0.15) is 27.0 Å². The Morgan fingerprint density at radius 1 is 0.378 bits per heavy atom. The smallest absolute Gasteiger partial charge is 0.341 e. The zero-order valence-electron chi connectivity index (χ0n) is 17.1. The van der Waals surface area contributed by atoms with Gasteiger partial charge in [0.25, 0.3) is 0 Å². The SMILES string of the molecule is COC(=O)c1c(Cl)c(Cl)c([C](c2c(Cl)c(Cl)c(Cl)c(Cl)c2Cl)c2c(Cl)c(Cl)c(Cl)c(Cl)c2Cl)c(Cl)c1Cl. The Morgan fingerprint density at radius 3 is 0.811 bits per heavy atom. The fourth-order valence-electron chi connectivity index (χ4n) is 3.16. The van der Waals surface area contributed by atoms with Crippen molar-refractivity contribution >= 4 is 168 Å². The molecule has 0 unspecified atom stereocenters. The number of esters is 1. The maximum absolute atomic E-state index is 12.4. The molecule has 0 fully saturated rings. The van der Waals surface area contributed by atoms with E-state index in [0.717, 1.165) is 7.11 Å². The number of ether oxygens (including phenoxy) is 1. The number of benzene rings is 3. The Hall–Kier alpha value is 1.19. The van der Waals surface area contributed by atoms with Crippen molar-refractivity contribution < 1.29 is 9.53 Å². The van der Waals surface area contributed by atoms with Gasteiger partial charge in [-0.3, -0.25) is 0 Å². The standard InChI is InChI=1S/C21H3Cl14O2/c1-37-21(36)6-13(28)7(22)3(8(23)14(6)29)2(4-9(24)15(30)19(34)16(31)10(4)25)5-11(26)17(32)20(35)18(33)12(5)27/h1H3. The van der Waals surface area contributed by atoms with Crippen LogP contribution in [0.4, 0.5) is 0 Å². The quantitative estimate of drug-likeness (QED) is 0.114. The zero-order chi connectivity index (χ0) is 28.3. The molecule has 0 saturated carbocycles. The highest BCUT2D eigenvalue weighted by molar-refractivity contribution is 6.58. The van der Waals surface area contributed by atoms with Gasteiger partial charge < -0.3 is 4.74 Å². The molecule has 16 heteroatoms. The molecule has 0 spiro atoms. The van der Waals surface area contributed by atoms with Crippen molar-refractivity contribution in [2.75, 3.05) is 7.11 Å². The first-order valence-electron chi connectivity index (χ1n) is 8.96. The summed E-state index contributed by atoms with van der Waals surface area (Å²) < 4.78 is 4.73. The van der Waals surface area contributed by atoms with E-state index in [-0.39, 0.29) is 98.5 Å². The first-order valence-corrected chi connectivity index (χ1v) is 14.3. The van der Waals surface area contributed by atoms with Gasteiger partial charge in [-0.2, -0.15) is 0 Å². The third kappa shape index (κ3) is 5.54. The van der Waals surface area contributed by atoms with E-state index in [2.05, 4.69) is 0 Å². The third-order valence-corrected chi connectivity index (χ3v) is 11.1. The predicted octanol–water partition coefficient (Wildman–Crippen LogP) is 13.6. The normalized spacial score (nSPS) is 11.5. The van der Waals surface area contributed by atoms with Crippen molar-refractivity contribution in [2.45, 2.75) is 0 Å². The van der Waals surface area contributed by atoms with Crippen LogP contribution in [-0.4, -0.2) is 13.1 Å². The molecule has 0 aliphatic rings. The molecule has 2 nitrogen and oxygen atoms in total. The average molecular weight is 784 g/mol. The number of hydrogen-bond acceptors (Lipinski definition) is 2. The minimum atomic E-state index is -0.922. The van der Waals surface area contributed by atoms with E-state index in [1.54, 1.807) is 0 Å². The summed E-state index contributed by atoms with van der Waals surface area (Å²) in [6.07, 6.45) is 0. The summed E-state index contributed by atoms with van der Waals surface area (Å²) in [4.78, 5) is 12.4. The minimum Gasteiger partial charge on any atom is -0.465 e. The van der Waals surface area contributed by atoms with Gasteiger partial charge in [0.05, 0.1) is 88.9 Å². The molecule has 3 rings (SSSR count). The lowest BCUT2D eigenvalue weighted by atomic mass is 9.84. The van der Waals surface area contributed by atoms with Gasteiger partial charge in [0.15, 0.2) is 0 Å². The Bertz CT molecular complexity index is 1330. The fraction of sp³-hybridized carbons (Fsp3) is 0.0476. The second-order valence-electron chi connectivity index (χ2n) is 6.76. The molecule has 0 aliphatic carbocycles. The lowest BCUT2D eigenvalue weighted by Gasteiger charge is -2.27. The minimum absolute atomic E-state index is 0.109. The van der Waals surface area contributed by atoms with Crippen LogP contribution in [0.25, 0.3) is 0 Å². The lowest BCUT2D eigenvalue weighted by Crippen LogP contribution is -2.13. The topological polar surface area (TPSA) is 26.3 Å². The van der Waals surface area contributed by atoms with Crippen molar-refractivity contribution in [1.82, 2.24) is 0 Å². The first-order chi connectivity index (χ1) is 17.1. The molecule has 0 atom stereocenters. The van der Waals surface area contributed by atoms with Crippen LogP contribution in [-0.2, 0) is 4.74 Å². The number of carbonyl (C=O) groups excluding carboxylic acids is 1. The van der Waals surface area contributed by atoms with E-state index in [4.69, 9.17) is 167 Å². The molecular formula is C21H3Cl14O2. The number of halogens is 14. The number of hydrogen-bond donors (Lipinski definition) is 0. The van der Waals surface area contributed by atoms with Gasteiger partial charge in [-0.05, 0) is 0 Å². The van der Waals surface area contributed by atoms with Gasteiger partial charge in [-0.1, -0.05) is 162 Å². The van der Waals surface area contributed by atoms with Gasteiger partial charge >= 0.3 is 5.97 Å². The summed E-state index contributed by atoms with van der Waals surface area (Å²) in [6.45, 7) is 0. The van der Waals surface area contributed by atoms with Gasteiger partial charge in [0, 0.05) is 16.7 Å². The molecule has 3 aromatic rings. The number of methoxy groups -OCH3 is 1. The Balaban J connectivity index is 2.68. The molecule has 0 aromatic heterocycles. The highest BCUT2D eigenvalue weighted by Crippen LogP contribution is 2.57. The van der Waals surface area contributed by atoms with Gasteiger partial charge in [0.1, 0.15) is 0 Å². The maximum Gasteiger partial charge on any atom is 0.341 e. The lowest BCUT2D eigenvalue weighted by molar-refractivity contribution is 0.0601. The number of carbonyl (C=O) groups is 1. The molecule has 0 N–H and O–H groups in total. The van der Waals surface area contributed by atoms with Crippen molar-refractivity contribution in [3.63, 3.8) is 0 Å². The van der Waals surface area contributed by atoms with E-state index in [0.29, 0.717) is 0 Å². The van der Waals surface area contributed by atoms with Crippen molar-refractivity contribution in [2.24, 2.45) is 0 Å². The van der Waals surface area contributed by atoms with E-state index >= 15 is 0 Å². The predicted molar refractivity (Wildman–Crippen MR) is 161 cm³/mol. The highest BCUT2D eigenvalue weighted by atomic mass is 35.5. The van der Waals surface area contributed by atoms with E-state index in [1.165, 1.54) is 0 Å². The first kappa shape index (κ1) is 32.7. The summed E-state index contributed by atoms with van der Waals surface area (Å²) in [5.74, 6) is -1.05. The molecule has 197 valence electrons. The maximum atomic E-state index is 12.4. The van der Waals surface area contributed by atoms with Gasteiger partial charge in [-0.15, -0.1) is 0 Å². The molecule has 3 aromatic carbocycles. The van der Waals surface area contributed by atoms with E-state index < -0.39 is 5.97 Å². The van der Waals surface area contributed by atoms with Crippen molar-refractivity contribution in [1.29, 1.82) is 0 Å². The van der Waals surface area contributed by atoms with Gasteiger partial charge in [-0.25, -0.2) is 4.79 Å². The second kappa shape index (κ2) is 12.6. The molecule has 1 radical (unpaired) electrons. The number of rotatable bonds is 4. The fourth-order valence-corrected chi connectivity index (χ4v) is 7.01. The molecular weight excluding hydrogens is 781 g/mol. The van der Waals surface area contributed by atoms with Crippen LogP contribution >= 0.6 is 162 Å². The van der Waals surface area contributed by atoms with Crippen molar-refractivity contribution in [3.05, 3.63) is 98.5 Å². The van der Waals surface area contributed by atoms with Crippen LogP contribution in [0.2, 0.25) is 70.3 Å². The third-order valence-electron chi connectivity index (χ3n) is 4.82. The van der Waals surface area contributed by atoms with Crippen LogP contribution < -0.4 is 0 Å². The van der Waals surface area contributed by atoms with Crippen LogP contribution in [0, 0.1) is 5.92 Å². The summed E-state index contributed by atoms with van der Waals surface area (Å²) >= 11 is 90.2. The van der Waals surface area contributed by atoms with Crippen molar-refractivity contribution in [3.8, 4) is 0 Å². The molecule has 0 saturated heterocycles. The molecule has 0 amide bonds. The second-order valence-corrected chi connectivity index (χ2v) is 12.1. The zero-order valence-corrected chi connectivity index (χ0v) is 27.7. The largest absolute Gasteiger partial charge is 0.465 e. The monoisotopic (exact) mass is 777 g/mol. The Labute approximate surface area is 280 Å².